The van der Waals surface area contributed by atoms with Gasteiger partial charge in [-0.15, -0.1) is 13.2 Å². The number of hydrogen-bond acceptors (Lipinski definition) is 14. The molecule has 3 unspecified atom stereocenters. The average Bonchev–Trinajstić information content (AvgIpc) is 3.90. The monoisotopic (exact) mass is 1030 g/mol. The number of hydrogen-bond donors (Lipinski definition) is 3. The molecule has 74 heavy (non-hydrogen) atoms. The van der Waals surface area contributed by atoms with E-state index < -0.39 is 84.4 Å². The van der Waals surface area contributed by atoms with Crippen molar-refractivity contribution >= 4 is 42.0 Å². The molecule has 0 aliphatic heterocycles. The van der Waals surface area contributed by atoms with Crippen molar-refractivity contribution in [3.05, 3.63) is 137 Å². The first-order valence-electron chi connectivity index (χ1n) is 23.6. The zero-order chi connectivity index (χ0) is 53.6. The molecule has 0 radical (unpaired) electrons. The lowest BCUT2D eigenvalue weighted by Crippen LogP contribution is -2.49. The maximum atomic E-state index is 13.8. The number of rotatable bonds is 28. The number of benzene rings is 4. The highest BCUT2D eigenvalue weighted by Crippen LogP contribution is 2.33. The molecule has 21 heteroatoms. The Morgan fingerprint density at radius 2 is 1.43 bits per heavy atom. The van der Waals surface area contributed by atoms with Crippen molar-refractivity contribution < 1.29 is 79.7 Å². The first-order valence-corrected chi connectivity index (χ1v) is 23.6. The number of nitrogens with one attached hydrogen (secondary N) is 3. The van der Waals surface area contributed by atoms with Crippen molar-refractivity contribution in [2.45, 2.75) is 91.0 Å². The molecule has 3 atom stereocenters. The Bertz CT molecular complexity index is 2680. The summed E-state index contributed by atoms with van der Waals surface area (Å²) in [5.74, 6) is -7.03. The van der Waals surface area contributed by atoms with Gasteiger partial charge in [0.05, 0.1) is 44.3 Å². The van der Waals surface area contributed by atoms with Crippen LogP contribution >= 0.6 is 0 Å². The Morgan fingerprint density at radius 3 is 2.05 bits per heavy atom. The quantitative estimate of drug-likeness (QED) is 0.0141. The summed E-state index contributed by atoms with van der Waals surface area (Å²) in [7, 11) is 1.20. The van der Waals surface area contributed by atoms with E-state index in [0.717, 1.165) is 24.1 Å². The number of nitrogens with zero attached hydrogens (tertiary/aromatic N) is 1. The summed E-state index contributed by atoms with van der Waals surface area (Å²) in [6.45, 7) is 4.79. The van der Waals surface area contributed by atoms with E-state index in [-0.39, 0.29) is 67.7 Å². The lowest BCUT2D eigenvalue weighted by Gasteiger charge is -2.32. The van der Waals surface area contributed by atoms with Gasteiger partial charge in [0.25, 0.3) is 11.8 Å². The van der Waals surface area contributed by atoms with Crippen LogP contribution in [-0.2, 0) is 46.7 Å². The highest BCUT2D eigenvalue weighted by molar-refractivity contribution is 6.00. The smallest absolute Gasteiger partial charge is 0.497 e. The Kier molecular flexibility index (Phi) is 21.4. The number of methoxy groups -OCH3 is 1. The Balaban J connectivity index is 1.24. The minimum absolute atomic E-state index is 0.00372. The molecule has 0 fully saturated rings. The van der Waals surface area contributed by atoms with Crippen LogP contribution in [0.3, 0.4) is 0 Å². The van der Waals surface area contributed by atoms with Gasteiger partial charge in [-0.25, -0.2) is 9.59 Å². The molecule has 5 aromatic rings. The lowest BCUT2D eigenvalue weighted by atomic mass is 9.90. The predicted octanol–water partition coefficient (Wildman–Crippen LogP) is 8.24. The summed E-state index contributed by atoms with van der Waals surface area (Å²) in [6.07, 6.45) is -3.31. The van der Waals surface area contributed by atoms with E-state index >= 15 is 0 Å². The third kappa shape index (κ3) is 16.9. The molecule has 0 aliphatic carbocycles. The van der Waals surface area contributed by atoms with Gasteiger partial charge >= 0.3 is 24.3 Å². The van der Waals surface area contributed by atoms with Crippen molar-refractivity contribution in [1.82, 2.24) is 21.0 Å². The topological polar surface area (TPSA) is 227 Å². The maximum Gasteiger partial charge on any atom is 0.573 e. The van der Waals surface area contributed by atoms with Gasteiger partial charge in [0.15, 0.2) is 5.76 Å². The molecular formula is C53H57F3N4O14. The summed E-state index contributed by atoms with van der Waals surface area (Å²) >= 11 is 0. The minimum atomic E-state index is -5.18. The van der Waals surface area contributed by atoms with Crippen LogP contribution in [-0.4, -0.2) is 85.9 Å². The number of hydroxylamine groups is 2. The fourth-order valence-corrected chi connectivity index (χ4v) is 7.48. The number of ether oxygens (including phenoxy) is 5. The zero-order valence-electron chi connectivity index (χ0n) is 41.1. The molecule has 0 saturated heterocycles. The van der Waals surface area contributed by atoms with E-state index in [9.17, 15) is 46.7 Å². The number of carbonyl (C=O) groups is 7. The van der Waals surface area contributed by atoms with Crippen LogP contribution in [0.2, 0.25) is 0 Å². The van der Waals surface area contributed by atoms with Gasteiger partial charge in [-0.2, -0.15) is 5.06 Å². The lowest BCUT2D eigenvalue weighted by molar-refractivity contribution is -0.274. The summed E-state index contributed by atoms with van der Waals surface area (Å²) < 4.78 is 71.2. The normalized spacial score (nSPS) is 12.2. The standard InChI is InChI=1S/C53H57F3N4O14/c1-5-8-11-20-38(42(6-2)60(33-61)74-51(66)40-24-22-37(68-4)28-46(40)73-53(54,55)56)48(63)57-32-58-50(65)44-26-25-43(72-44)36-21-23-39(45(27-36)69-7-3)49(64)59-41(52(67)71-31-35-18-14-10-15-19-35)29-47(62)70-30-34-16-12-9-13-17-34/h9-10,12-19,21-28,33,38,41-42H,5-8,11,20,29-32H2,1-4H3,(H,57,63)(H,58,65)(H,59,64). The van der Waals surface area contributed by atoms with Gasteiger partial charge < -0.3 is 48.9 Å². The second-order valence-electron chi connectivity index (χ2n) is 16.3. The van der Waals surface area contributed by atoms with Gasteiger partial charge in [-0.05, 0) is 67.3 Å². The van der Waals surface area contributed by atoms with Gasteiger partial charge in [0.2, 0.25) is 12.3 Å². The van der Waals surface area contributed by atoms with E-state index in [1.807, 2.05) is 13.0 Å². The summed E-state index contributed by atoms with van der Waals surface area (Å²) in [5, 5.41) is 8.31. The largest absolute Gasteiger partial charge is 0.573 e. The first kappa shape index (κ1) is 56.6. The van der Waals surface area contributed by atoms with Crippen molar-refractivity contribution in [3.63, 3.8) is 0 Å². The zero-order valence-corrected chi connectivity index (χ0v) is 41.1. The van der Waals surface area contributed by atoms with Gasteiger partial charge in [0.1, 0.15) is 47.8 Å². The Labute approximate surface area is 424 Å². The number of amides is 4. The molecule has 18 nitrogen and oxygen atoms in total. The van der Waals surface area contributed by atoms with Crippen molar-refractivity contribution in [2.24, 2.45) is 5.92 Å². The molecule has 0 aliphatic rings. The van der Waals surface area contributed by atoms with Crippen LogP contribution in [0.5, 0.6) is 17.2 Å². The molecule has 4 amide bonds. The number of unbranched alkanes of at least 4 members (excludes halogenated alkanes) is 2. The molecule has 3 N–H and O–H groups in total. The summed E-state index contributed by atoms with van der Waals surface area (Å²) in [4.78, 5) is 98.1. The second kappa shape index (κ2) is 28.0. The van der Waals surface area contributed by atoms with Crippen LogP contribution < -0.4 is 30.2 Å². The van der Waals surface area contributed by atoms with Crippen molar-refractivity contribution in [3.8, 4) is 28.6 Å². The number of halogens is 3. The number of esters is 2. The van der Waals surface area contributed by atoms with E-state index in [1.165, 1.54) is 43.5 Å². The maximum absolute atomic E-state index is 13.8. The van der Waals surface area contributed by atoms with Crippen LogP contribution in [0.1, 0.15) is 102 Å². The van der Waals surface area contributed by atoms with E-state index in [0.29, 0.717) is 29.0 Å². The van der Waals surface area contributed by atoms with Gasteiger partial charge in [-0.3, -0.25) is 24.0 Å². The summed E-state index contributed by atoms with van der Waals surface area (Å²) in [6, 6.07) is 25.5. The van der Waals surface area contributed by atoms with Crippen molar-refractivity contribution in [2.75, 3.05) is 20.4 Å². The van der Waals surface area contributed by atoms with Crippen LogP contribution in [0.15, 0.2) is 114 Å². The molecular weight excluding hydrogens is 974 g/mol. The molecule has 1 aromatic heterocycles. The third-order valence-corrected chi connectivity index (χ3v) is 11.2. The molecule has 5 rings (SSSR count). The number of carbonyl (C=O) groups excluding carboxylic acids is 7. The molecule has 4 aromatic carbocycles. The van der Waals surface area contributed by atoms with Gasteiger partial charge in [-0.1, -0.05) is 99.8 Å². The SMILES string of the molecule is CCCCCC(C(=O)NCNC(=O)c1ccc(-c2ccc(C(=O)NC(CC(=O)OCc3ccccc3)C(=O)OCc3ccccc3)c(OCC)c2)o1)C(CC)N(C=O)OC(=O)c1ccc(OC)cc1OC(F)(F)F. The van der Waals surface area contributed by atoms with Gasteiger partial charge in [0, 0.05) is 11.6 Å². The Morgan fingerprint density at radius 1 is 0.757 bits per heavy atom. The van der Waals surface area contributed by atoms with Crippen LogP contribution in [0.4, 0.5) is 13.2 Å². The van der Waals surface area contributed by atoms with Crippen molar-refractivity contribution in [1.29, 1.82) is 0 Å². The summed E-state index contributed by atoms with van der Waals surface area (Å²) in [5.41, 5.74) is 1.13. The highest BCUT2D eigenvalue weighted by Gasteiger charge is 2.37. The van der Waals surface area contributed by atoms with E-state index in [2.05, 4.69) is 20.7 Å². The number of furan rings is 1. The molecule has 0 bridgehead atoms. The highest BCUT2D eigenvalue weighted by atomic mass is 19.4. The molecule has 1 heterocycles. The van der Waals surface area contributed by atoms with Crippen LogP contribution in [0.25, 0.3) is 11.3 Å². The fraction of sp³-hybridized carbons (Fsp3) is 0.340. The minimum Gasteiger partial charge on any atom is -0.497 e. The van der Waals surface area contributed by atoms with Crippen LogP contribution in [0, 0.1) is 5.92 Å². The second-order valence-corrected chi connectivity index (χ2v) is 16.3. The predicted molar refractivity (Wildman–Crippen MR) is 259 cm³/mol. The average molecular weight is 1030 g/mol. The Hall–Kier alpha value is -8.36. The first-order chi connectivity index (χ1) is 35.6. The molecule has 394 valence electrons. The third-order valence-electron chi connectivity index (χ3n) is 11.2. The molecule has 0 saturated carbocycles. The van der Waals surface area contributed by atoms with E-state index in [4.69, 9.17) is 28.2 Å². The van der Waals surface area contributed by atoms with E-state index in [1.54, 1.807) is 68.4 Å². The number of alkyl halides is 3. The molecule has 0 spiro atoms. The fourth-order valence-electron chi connectivity index (χ4n) is 7.48.